The third-order valence-electron chi connectivity index (χ3n) is 3.71. The summed E-state index contributed by atoms with van der Waals surface area (Å²) in [5, 5.41) is 8.72. The first-order valence-corrected chi connectivity index (χ1v) is 6.16. The van der Waals surface area contributed by atoms with Gasteiger partial charge in [-0.15, -0.1) is 0 Å². The number of carbonyl (C=O) groups is 4. The number of amides is 4. The first-order valence-electron chi connectivity index (χ1n) is 6.16. The van der Waals surface area contributed by atoms with Gasteiger partial charge in [0.1, 0.15) is 5.41 Å². The molecule has 0 bridgehead atoms. The summed E-state index contributed by atoms with van der Waals surface area (Å²) in [5.74, 6) is -2.26. The summed E-state index contributed by atoms with van der Waals surface area (Å²) in [5.41, 5.74) is -1.45. The Hall–Kier alpha value is -1.92. The highest BCUT2D eigenvalue weighted by atomic mass is 16.4. The fourth-order valence-corrected chi connectivity index (χ4v) is 2.29. The van der Waals surface area contributed by atoms with Gasteiger partial charge in [0.25, 0.3) is 0 Å². The number of urea groups is 1. The second kappa shape index (κ2) is 4.32. The number of hydrogen-bond donors (Lipinski definition) is 1. The minimum Gasteiger partial charge on any atom is -0.481 e. The molecule has 1 unspecified atom stereocenters. The van der Waals surface area contributed by atoms with Gasteiger partial charge in [-0.3, -0.25) is 24.2 Å². The minimum atomic E-state index is -1.45. The number of hydrogen-bond acceptors (Lipinski definition) is 4. The predicted molar refractivity (Wildman–Crippen MR) is 63.0 cm³/mol. The molecule has 104 valence electrons. The Bertz CT molecular complexity index is 471. The molecule has 0 spiro atoms. The third-order valence-corrected chi connectivity index (χ3v) is 3.71. The van der Waals surface area contributed by atoms with E-state index in [4.69, 9.17) is 5.11 Å². The first-order chi connectivity index (χ1) is 8.79. The molecule has 7 nitrogen and oxygen atoms in total. The molecule has 4 amide bonds. The maximum absolute atomic E-state index is 12.4. The highest BCUT2D eigenvalue weighted by molar-refractivity contribution is 6.19. The van der Waals surface area contributed by atoms with Gasteiger partial charge in [-0.25, -0.2) is 4.79 Å². The summed E-state index contributed by atoms with van der Waals surface area (Å²) < 4.78 is 0. The third kappa shape index (κ3) is 2.09. The van der Waals surface area contributed by atoms with Crippen molar-refractivity contribution in [3.8, 4) is 0 Å². The molecule has 1 saturated carbocycles. The van der Waals surface area contributed by atoms with Crippen molar-refractivity contribution < 1.29 is 24.3 Å². The van der Waals surface area contributed by atoms with Gasteiger partial charge in [-0.1, -0.05) is 0 Å². The van der Waals surface area contributed by atoms with Crippen molar-refractivity contribution in [2.24, 2.45) is 5.41 Å². The molecule has 0 aromatic carbocycles. The number of carbonyl (C=O) groups excluding carboxylic acids is 3. The van der Waals surface area contributed by atoms with Crippen LogP contribution in [0.1, 0.15) is 32.6 Å². The van der Waals surface area contributed by atoms with Crippen LogP contribution in [0.15, 0.2) is 0 Å². The average molecular weight is 268 g/mol. The predicted octanol–water partition coefficient (Wildman–Crippen LogP) is 0.441. The number of nitrogens with zero attached hydrogens (tertiary/aromatic N) is 2. The summed E-state index contributed by atoms with van der Waals surface area (Å²) >= 11 is 0. The van der Waals surface area contributed by atoms with Gasteiger partial charge in [0, 0.05) is 19.5 Å². The normalized spacial score (nSPS) is 28.0. The molecule has 0 aromatic rings. The van der Waals surface area contributed by atoms with E-state index in [1.807, 2.05) is 0 Å². The maximum atomic E-state index is 12.4. The number of rotatable bonds is 4. The second-order valence-corrected chi connectivity index (χ2v) is 5.28. The molecular weight excluding hydrogens is 252 g/mol. The number of carboxylic acids is 1. The second-order valence-electron chi connectivity index (χ2n) is 5.28. The zero-order chi connectivity index (χ0) is 14.4. The Labute approximate surface area is 110 Å². The van der Waals surface area contributed by atoms with Gasteiger partial charge in [-0.05, 0) is 26.2 Å². The molecule has 1 atom stereocenters. The van der Waals surface area contributed by atoms with Gasteiger partial charge in [0.2, 0.25) is 11.8 Å². The van der Waals surface area contributed by atoms with Crippen LogP contribution in [0.3, 0.4) is 0 Å². The van der Waals surface area contributed by atoms with Crippen molar-refractivity contribution in [3.63, 3.8) is 0 Å². The van der Waals surface area contributed by atoms with E-state index in [-0.39, 0.29) is 18.9 Å². The Balaban J connectivity index is 2.29. The summed E-state index contributed by atoms with van der Waals surface area (Å²) in [6, 6.07) is -0.745. The topological polar surface area (TPSA) is 95.0 Å². The van der Waals surface area contributed by atoms with Gasteiger partial charge < -0.3 is 5.11 Å². The van der Waals surface area contributed by atoms with E-state index in [9.17, 15) is 19.2 Å². The van der Waals surface area contributed by atoms with E-state index in [0.717, 1.165) is 22.6 Å². The average Bonchev–Trinajstić information content (AvgIpc) is 3.17. The fourth-order valence-electron chi connectivity index (χ4n) is 2.29. The van der Waals surface area contributed by atoms with E-state index in [0.29, 0.717) is 0 Å². The number of carboxylic acid groups (broad SMARTS) is 1. The van der Waals surface area contributed by atoms with Gasteiger partial charge in [-0.2, -0.15) is 0 Å². The number of aliphatic carboxylic acids is 1. The minimum absolute atomic E-state index is 0.0964. The molecular formula is C12H16N2O5. The quantitative estimate of drug-likeness (QED) is 0.746. The van der Waals surface area contributed by atoms with Crippen LogP contribution in [0, 0.1) is 5.41 Å². The van der Waals surface area contributed by atoms with Crippen LogP contribution in [0.2, 0.25) is 0 Å². The Morgan fingerprint density at radius 2 is 1.89 bits per heavy atom. The van der Waals surface area contributed by atoms with Crippen molar-refractivity contribution >= 4 is 23.8 Å². The molecule has 1 aliphatic carbocycles. The van der Waals surface area contributed by atoms with E-state index in [2.05, 4.69) is 0 Å². The van der Waals surface area contributed by atoms with E-state index >= 15 is 0 Å². The van der Waals surface area contributed by atoms with Gasteiger partial charge in [0.05, 0.1) is 0 Å². The van der Waals surface area contributed by atoms with Crippen molar-refractivity contribution in [3.05, 3.63) is 0 Å². The van der Waals surface area contributed by atoms with Gasteiger partial charge >= 0.3 is 12.0 Å². The summed E-state index contributed by atoms with van der Waals surface area (Å²) in [6.07, 6.45) is 1.11. The molecule has 1 aliphatic heterocycles. The summed E-state index contributed by atoms with van der Waals surface area (Å²) in [7, 11) is 1.32. The van der Waals surface area contributed by atoms with Crippen LogP contribution < -0.4 is 0 Å². The summed E-state index contributed by atoms with van der Waals surface area (Å²) in [4.78, 5) is 49.1. The number of imide groups is 2. The lowest BCUT2D eigenvalue weighted by Crippen LogP contribution is -2.63. The van der Waals surface area contributed by atoms with Crippen LogP contribution in [0.5, 0.6) is 0 Å². The fraction of sp³-hybridized carbons (Fsp3) is 0.667. The lowest BCUT2D eigenvalue weighted by molar-refractivity contribution is -0.158. The Morgan fingerprint density at radius 3 is 2.37 bits per heavy atom. The van der Waals surface area contributed by atoms with Crippen LogP contribution in [-0.4, -0.2) is 51.8 Å². The lowest BCUT2D eigenvalue weighted by Gasteiger charge is -2.41. The van der Waals surface area contributed by atoms with Crippen molar-refractivity contribution in [2.45, 2.75) is 38.6 Å². The van der Waals surface area contributed by atoms with Crippen molar-refractivity contribution in [1.82, 2.24) is 9.80 Å². The summed E-state index contributed by atoms with van der Waals surface area (Å²) in [6.45, 7) is 1.42. The van der Waals surface area contributed by atoms with Crippen LogP contribution >= 0.6 is 0 Å². The standard InChI is InChI=1S/C12H16N2O5/c1-12(6-5-8(15)16)9(17)13(2)11(19)14(10(12)18)7-3-4-7/h7H,3-6H2,1-2H3,(H,15,16). The van der Waals surface area contributed by atoms with Crippen LogP contribution in [-0.2, 0) is 14.4 Å². The van der Waals surface area contributed by atoms with Crippen molar-refractivity contribution in [2.75, 3.05) is 7.05 Å². The molecule has 2 fully saturated rings. The number of barbiturate groups is 1. The smallest absolute Gasteiger partial charge is 0.333 e. The molecule has 1 heterocycles. The van der Waals surface area contributed by atoms with Crippen LogP contribution in [0.25, 0.3) is 0 Å². The van der Waals surface area contributed by atoms with E-state index < -0.39 is 29.2 Å². The zero-order valence-electron chi connectivity index (χ0n) is 10.9. The highest BCUT2D eigenvalue weighted by Crippen LogP contribution is 2.38. The van der Waals surface area contributed by atoms with E-state index in [1.54, 1.807) is 0 Å². The van der Waals surface area contributed by atoms with Gasteiger partial charge in [0.15, 0.2) is 0 Å². The highest BCUT2D eigenvalue weighted by Gasteiger charge is 2.56. The Kier molecular flexibility index (Phi) is 3.07. The molecule has 1 saturated heterocycles. The maximum Gasteiger partial charge on any atom is 0.333 e. The first kappa shape index (κ1) is 13.5. The monoisotopic (exact) mass is 268 g/mol. The zero-order valence-corrected chi connectivity index (χ0v) is 10.9. The molecule has 2 rings (SSSR count). The van der Waals surface area contributed by atoms with Crippen molar-refractivity contribution in [1.29, 1.82) is 0 Å². The molecule has 0 radical (unpaired) electrons. The molecule has 0 aromatic heterocycles. The van der Waals surface area contributed by atoms with Crippen LogP contribution in [0.4, 0.5) is 4.79 Å². The molecule has 7 heteroatoms. The van der Waals surface area contributed by atoms with E-state index in [1.165, 1.54) is 14.0 Å². The SMILES string of the molecule is CN1C(=O)N(C2CC2)C(=O)C(C)(CCC(=O)O)C1=O. The Morgan fingerprint density at radius 1 is 1.32 bits per heavy atom. The molecule has 19 heavy (non-hydrogen) atoms. The lowest BCUT2D eigenvalue weighted by atomic mass is 9.80. The largest absolute Gasteiger partial charge is 0.481 e. The molecule has 2 aliphatic rings. The molecule has 1 N–H and O–H groups in total.